The van der Waals surface area contributed by atoms with E-state index in [2.05, 4.69) is 20.4 Å². The lowest BCUT2D eigenvalue weighted by Crippen LogP contribution is -2.09. The highest BCUT2D eigenvalue weighted by atomic mass is 16.5. The maximum atomic E-state index is 5.72. The normalized spacial score (nSPS) is 10.5. The van der Waals surface area contributed by atoms with Crippen molar-refractivity contribution in [3.05, 3.63) is 48.4 Å². The average Bonchev–Trinajstić information content (AvgIpc) is 2.46. The van der Waals surface area contributed by atoms with Crippen LogP contribution in [0.1, 0.15) is 5.82 Å². The van der Waals surface area contributed by atoms with Gasteiger partial charge in [0, 0.05) is 23.7 Å². The molecule has 0 aliphatic rings. The maximum Gasteiger partial charge on any atom is 0.224 e. The number of nitrogens with zero attached hydrogens (tertiary/aromatic N) is 3. The Morgan fingerprint density at radius 1 is 1.15 bits per heavy atom. The third-order valence-electron chi connectivity index (χ3n) is 2.76. The Balaban J connectivity index is 1.94. The molecule has 6 nitrogen and oxygen atoms in total. The van der Waals surface area contributed by atoms with Crippen LogP contribution in [-0.2, 0) is 0 Å². The predicted octanol–water partition coefficient (Wildman–Crippen LogP) is 2.41. The van der Waals surface area contributed by atoms with Crippen molar-refractivity contribution in [1.29, 1.82) is 0 Å². The standard InChI is InChI=1S/C14H13N5O/c1-9-17-13(19-15)8-14(18-9)20-11-5-4-10-3-2-6-16-12(10)7-11/h2-8H,15H2,1H3,(H,17,18,19). The molecule has 0 atom stereocenters. The number of rotatable bonds is 3. The van der Waals surface area contributed by atoms with Gasteiger partial charge in [-0.1, -0.05) is 6.07 Å². The molecule has 0 saturated carbocycles. The van der Waals surface area contributed by atoms with E-state index in [1.165, 1.54) is 0 Å². The van der Waals surface area contributed by atoms with Crippen LogP contribution in [0.15, 0.2) is 42.6 Å². The van der Waals surface area contributed by atoms with Crippen LogP contribution in [0.4, 0.5) is 5.82 Å². The van der Waals surface area contributed by atoms with Crippen molar-refractivity contribution in [3.8, 4) is 11.6 Å². The number of aromatic nitrogens is 3. The molecule has 0 amide bonds. The summed E-state index contributed by atoms with van der Waals surface area (Å²) in [7, 11) is 0. The lowest BCUT2D eigenvalue weighted by atomic mass is 10.2. The number of pyridine rings is 1. The zero-order chi connectivity index (χ0) is 13.9. The minimum atomic E-state index is 0.431. The molecular weight excluding hydrogens is 254 g/mol. The van der Waals surface area contributed by atoms with Crippen LogP contribution < -0.4 is 16.0 Å². The van der Waals surface area contributed by atoms with Gasteiger partial charge in [0.25, 0.3) is 0 Å². The van der Waals surface area contributed by atoms with Gasteiger partial charge in [-0.2, -0.15) is 4.98 Å². The van der Waals surface area contributed by atoms with Crippen molar-refractivity contribution >= 4 is 16.7 Å². The highest BCUT2D eigenvalue weighted by Crippen LogP contribution is 2.24. The number of nitrogens with two attached hydrogens (primary N) is 1. The van der Waals surface area contributed by atoms with E-state index in [0.29, 0.717) is 23.3 Å². The van der Waals surface area contributed by atoms with Gasteiger partial charge in [-0.15, -0.1) is 0 Å². The van der Waals surface area contributed by atoms with E-state index in [1.807, 2.05) is 30.3 Å². The molecule has 2 aromatic heterocycles. The number of aryl methyl sites for hydroxylation is 1. The molecule has 3 aromatic rings. The van der Waals surface area contributed by atoms with Gasteiger partial charge in [-0.25, -0.2) is 10.8 Å². The van der Waals surface area contributed by atoms with Crippen molar-refractivity contribution < 1.29 is 4.74 Å². The average molecular weight is 267 g/mol. The van der Waals surface area contributed by atoms with Crippen molar-refractivity contribution in [2.24, 2.45) is 5.84 Å². The lowest BCUT2D eigenvalue weighted by Gasteiger charge is -2.08. The smallest absolute Gasteiger partial charge is 0.224 e. The van der Waals surface area contributed by atoms with E-state index in [4.69, 9.17) is 10.6 Å². The first-order valence-electron chi connectivity index (χ1n) is 6.09. The van der Waals surface area contributed by atoms with Gasteiger partial charge >= 0.3 is 0 Å². The molecule has 0 radical (unpaired) electrons. The predicted molar refractivity (Wildman–Crippen MR) is 76.4 cm³/mol. The van der Waals surface area contributed by atoms with E-state index >= 15 is 0 Å². The summed E-state index contributed by atoms with van der Waals surface area (Å²) in [4.78, 5) is 12.6. The number of benzene rings is 1. The topological polar surface area (TPSA) is 86.0 Å². The number of nitrogen functional groups attached to an aromatic ring is 1. The highest BCUT2D eigenvalue weighted by molar-refractivity contribution is 5.79. The number of hydrogen-bond donors (Lipinski definition) is 2. The van der Waals surface area contributed by atoms with Gasteiger partial charge in [0.1, 0.15) is 17.4 Å². The summed E-state index contributed by atoms with van der Waals surface area (Å²) in [5.41, 5.74) is 3.35. The van der Waals surface area contributed by atoms with Crippen LogP contribution in [0, 0.1) is 6.92 Å². The third kappa shape index (κ3) is 2.50. The van der Waals surface area contributed by atoms with Crippen LogP contribution in [0.3, 0.4) is 0 Å². The third-order valence-corrected chi connectivity index (χ3v) is 2.76. The van der Waals surface area contributed by atoms with Crippen LogP contribution in [0.2, 0.25) is 0 Å². The Morgan fingerprint density at radius 3 is 2.90 bits per heavy atom. The van der Waals surface area contributed by atoms with E-state index in [0.717, 1.165) is 10.9 Å². The number of ether oxygens (including phenoxy) is 1. The molecular formula is C14H13N5O. The zero-order valence-corrected chi connectivity index (χ0v) is 10.9. The minimum Gasteiger partial charge on any atom is -0.439 e. The number of anilines is 1. The molecule has 0 aliphatic carbocycles. The summed E-state index contributed by atoms with van der Waals surface area (Å²) < 4.78 is 5.72. The van der Waals surface area contributed by atoms with Gasteiger partial charge in [0.05, 0.1) is 5.52 Å². The van der Waals surface area contributed by atoms with E-state index < -0.39 is 0 Å². The Bertz CT molecular complexity index is 759. The quantitative estimate of drug-likeness (QED) is 0.560. The molecule has 6 heteroatoms. The van der Waals surface area contributed by atoms with Gasteiger partial charge in [-0.3, -0.25) is 4.98 Å². The molecule has 0 unspecified atom stereocenters. The molecule has 0 saturated heterocycles. The van der Waals surface area contributed by atoms with E-state index in [1.54, 1.807) is 19.2 Å². The summed E-state index contributed by atoms with van der Waals surface area (Å²) >= 11 is 0. The molecule has 2 heterocycles. The summed E-state index contributed by atoms with van der Waals surface area (Å²) in [5, 5.41) is 1.06. The van der Waals surface area contributed by atoms with Gasteiger partial charge in [-0.05, 0) is 25.1 Å². The second kappa shape index (κ2) is 5.10. The fourth-order valence-electron chi connectivity index (χ4n) is 1.90. The molecule has 3 N–H and O–H groups in total. The summed E-state index contributed by atoms with van der Waals surface area (Å²) in [6.07, 6.45) is 1.75. The zero-order valence-electron chi connectivity index (χ0n) is 10.9. The van der Waals surface area contributed by atoms with Gasteiger partial charge < -0.3 is 10.2 Å². The second-order valence-electron chi connectivity index (χ2n) is 4.24. The van der Waals surface area contributed by atoms with Crippen molar-refractivity contribution in [2.45, 2.75) is 6.92 Å². The highest BCUT2D eigenvalue weighted by Gasteiger charge is 2.04. The molecule has 0 spiro atoms. The number of hydrazine groups is 1. The SMILES string of the molecule is Cc1nc(NN)cc(Oc2ccc3cccnc3c2)n1. The lowest BCUT2D eigenvalue weighted by molar-refractivity contribution is 0.461. The molecule has 3 rings (SSSR count). The number of fused-ring (bicyclic) bond motifs is 1. The Hall–Kier alpha value is -2.73. The van der Waals surface area contributed by atoms with Crippen molar-refractivity contribution in [2.75, 3.05) is 5.43 Å². The van der Waals surface area contributed by atoms with Gasteiger partial charge in [0.15, 0.2) is 0 Å². The van der Waals surface area contributed by atoms with Crippen molar-refractivity contribution in [1.82, 2.24) is 15.0 Å². The summed E-state index contributed by atoms with van der Waals surface area (Å²) in [6.45, 7) is 1.77. The largest absolute Gasteiger partial charge is 0.439 e. The molecule has 1 aromatic carbocycles. The van der Waals surface area contributed by atoms with Gasteiger partial charge in [0.2, 0.25) is 5.88 Å². The second-order valence-corrected chi connectivity index (χ2v) is 4.24. The van der Waals surface area contributed by atoms with Crippen molar-refractivity contribution in [3.63, 3.8) is 0 Å². The van der Waals surface area contributed by atoms with Crippen LogP contribution in [-0.4, -0.2) is 15.0 Å². The fraction of sp³-hybridized carbons (Fsp3) is 0.0714. The Kier molecular flexibility index (Phi) is 3.14. The molecule has 100 valence electrons. The maximum absolute atomic E-state index is 5.72. The fourth-order valence-corrected chi connectivity index (χ4v) is 1.90. The molecule has 20 heavy (non-hydrogen) atoms. The first-order valence-corrected chi connectivity index (χ1v) is 6.09. The molecule has 0 bridgehead atoms. The number of hydrogen-bond acceptors (Lipinski definition) is 6. The van der Waals surface area contributed by atoms with Crippen LogP contribution >= 0.6 is 0 Å². The molecule has 0 aliphatic heterocycles. The first kappa shape index (κ1) is 12.3. The first-order chi connectivity index (χ1) is 9.74. The Morgan fingerprint density at radius 2 is 2.05 bits per heavy atom. The van der Waals surface area contributed by atoms with E-state index in [-0.39, 0.29) is 0 Å². The van der Waals surface area contributed by atoms with Crippen LogP contribution in [0.25, 0.3) is 10.9 Å². The number of nitrogens with one attached hydrogen (secondary N) is 1. The van der Waals surface area contributed by atoms with Crippen LogP contribution in [0.5, 0.6) is 11.6 Å². The molecule has 0 fully saturated rings. The van der Waals surface area contributed by atoms with E-state index in [9.17, 15) is 0 Å². The summed E-state index contributed by atoms with van der Waals surface area (Å²) in [5.74, 6) is 7.53. The minimum absolute atomic E-state index is 0.431. The Labute approximate surface area is 115 Å². The monoisotopic (exact) mass is 267 g/mol. The summed E-state index contributed by atoms with van der Waals surface area (Å²) in [6, 6.07) is 11.2.